The molecule has 9 heteroatoms. The Labute approximate surface area is 195 Å². The number of nitrogens with zero attached hydrogens (tertiary/aromatic N) is 5. The Hall–Kier alpha value is -4.79. The molecule has 0 aliphatic carbocycles. The largest absolute Gasteiger partial charge is 0.324 e. The number of hydrogen-bond donors (Lipinski definition) is 3. The highest BCUT2D eigenvalue weighted by molar-refractivity contribution is 5.90. The van der Waals surface area contributed by atoms with E-state index < -0.39 is 6.04 Å². The number of anilines is 1. The predicted molar refractivity (Wildman–Crippen MR) is 128 cm³/mol. The monoisotopic (exact) mass is 450 g/mol. The molecule has 1 unspecified atom stereocenters. The van der Waals surface area contributed by atoms with E-state index in [0.29, 0.717) is 18.1 Å². The van der Waals surface area contributed by atoms with Gasteiger partial charge in [-0.25, -0.2) is 14.5 Å². The van der Waals surface area contributed by atoms with Crippen LogP contribution in [0.3, 0.4) is 0 Å². The fourth-order valence-corrected chi connectivity index (χ4v) is 3.64. The Morgan fingerprint density at radius 1 is 0.971 bits per heavy atom. The van der Waals surface area contributed by atoms with E-state index in [-0.39, 0.29) is 6.03 Å². The maximum atomic E-state index is 12.8. The summed E-state index contributed by atoms with van der Waals surface area (Å²) in [7, 11) is 0. The topological polar surface area (TPSA) is 113 Å². The van der Waals surface area contributed by atoms with Crippen molar-refractivity contribution in [1.82, 2.24) is 35.5 Å². The number of H-pyrrole nitrogens is 1. The van der Waals surface area contributed by atoms with Gasteiger partial charge in [0.05, 0.1) is 12.7 Å². The van der Waals surface area contributed by atoms with Crippen molar-refractivity contribution in [3.05, 3.63) is 114 Å². The van der Waals surface area contributed by atoms with Crippen LogP contribution < -0.4 is 10.6 Å². The van der Waals surface area contributed by atoms with Gasteiger partial charge in [0.15, 0.2) is 5.82 Å². The van der Waals surface area contributed by atoms with Crippen molar-refractivity contribution in [1.29, 1.82) is 0 Å². The number of benzene rings is 3. The molecule has 168 valence electrons. The second-order valence-corrected chi connectivity index (χ2v) is 7.68. The SMILES string of the molecule is O=C(Nc1cccc(-c2cn(Cc3ccccc3)nn2)c1)NC(c1ccccc1)c1ncn[nH]1. The molecule has 2 heterocycles. The van der Waals surface area contributed by atoms with Gasteiger partial charge in [0.1, 0.15) is 18.1 Å². The lowest BCUT2D eigenvalue weighted by atomic mass is 10.1. The van der Waals surface area contributed by atoms with Gasteiger partial charge in [0.25, 0.3) is 0 Å². The van der Waals surface area contributed by atoms with Crippen LogP contribution in [0.15, 0.2) is 97.5 Å². The molecule has 5 rings (SSSR count). The average Bonchev–Trinajstić information content (AvgIpc) is 3.57. The molecule has 3 N–H and O–H groups in total. The summed E-state index contributed by atoms with van der Waals surface area (Å²) in [5.74, 6) is 0.546. The molecule has 0 aliphatic rings. The van der Waals surface area contributed by atoms with Crippen molar-refractivity contribution in [3.63, 3.8) is 0 Å². The molecule has 9 nitrogen and oxygen atoms in total. The highest BCUT2D eigenvalue weighted by Gasteiger charge is 2.19. The van der Waals surface area contributed by atoms with Gasteiger partial charge in [0.2, 0.25) is 0 Å². The molecule has 3 aromatic carbocycles. The summed E-state index contributed by atoms with van der Waals surface area (Å²) in [6.07, 6.45) is 3.31. The van der Waals surface area contributed by atoms with E-state index in [1.54, 1.807) is 4.68 Å². The van der Waals surface area contributed by atoms with Gasteiger partial charge in [0, 0.05) is 11.3 Å². The van der Waals surface area contributed by atoms with Gasteiger partial charge in [-0.15, -0.1) is 5.10 Å². The quantitative estimate of drug-likeness (QED) is 0.347. The number of nitrogens with one attached hydrogen (secondary N) is 3. The lowest BCUT2D eigenvalue weighted by Gasteiger charge is -2.17. The molecule has 2 amide bonds. The van der Waals surface area contributed by atoms with E-state index in [4.69, 9.17) is 0 Å². The number of amides is 2. The Morgan fingerprint density at radius 2 is 1.76 bits per heavy atom. The standard InChI is InChI=1S/C25H22N8O/c34-25(29-23(24-26-17-27-31-24)19-10-5-2-6-11-19)28-21-13-7-12-20(14-21)22-16-33(32-30-22)15-18-8-3-1-4-9-18/h1-14,16-17,23H,15H2,(H,26,27,31)(H2,28,29,34). The predicted octanol–water partition coefficient (Wildman–Crippen LogP) is 4.02. The summed E-state index contributed by atoms with van der Waals surface area (Å²) in [5.41, 5.74) is 4.25. The molecule has 0 fully saturated rings. The summed E-state index contributed by atoms with van der Waals surface area (Å²) >= 11 is 0. The number of hydrogen-bond acceptors (Lipinski definition) is 5. The first-order chi connectivity index (χ1) is 16.7. The van der Waals surface area contributed by atoms with Crippen molar-refractivity contribution in [3.8, 4) is 11.3 Å². The molecule has 0 saturated carbocycles. The molecule has 0 spiro atoms. The minimum Gasteiger partial charge on any atom is -0.324 e. The van der Waals surface area contributed by atoms with Gasteiger partial charge in [-0.2, -0.15) is 5.10 Å². The van der Waals surface area contributed by atoms with Crippen molar-refractivity contribution >= 4 is 11.7 Å². The van der Waals surface area contributed by atoms with Crippen LogP contribution >= 0.6 is 0 Å². The average molecular weight is 451 g/mol. The smallest absolute Gasteiger partial charge is 0.320 e. The lowest BCUT2D eigenvalue weighted by molar-refractivity contribution is 0.249. The van der Waals surface area contributed by atoms with Crippen LogP contribution in [-0.4, -0.2) is 36.2 Å². The third kappa shape index (κ3) is 4.99. The van der Waals surface area contributed by atoms with Gasteiger partial charge in [-0.1, -0.05) is 78.0 Å². The third-order valence-electron chi connectivity index (χ3n) is 5.26. The first-order valence-corrected chi connectivity index (χ1v) is 10.8. The molecular weight excluding hydrogens is 428 g/mol. The zero-order valence-electron chi connectivity index (χ0n) is 18.2. The van der Waals surface area contributed by atoms with Crippen molar-refractivity contribution < 1.29 is 4.79 Å². The molecule has 0 radical (unpaired) electrons. The Balaban J connectivity index is 1.29. The normalized spacial score (nSPS) is 11.6. The number of carbonyl (C=O) groups is 1. The summed E-state index contributed by atoms with van der Waals surface area (Å²) in [5, 5.41) is 21.1. The highest BCUT2D eigenvalue weighted by Crippen LogP contribution is 2.22. The summed E-state index contributed by atoms with van der Waals surface area (Å²) in [4.78, 5) is 17.0. The molecular formula is C25H22N8O. The Morgan fingerprint density at radius 3 is 2.53 bits per heavy atom. The van der Waals surface area contributed by atoms with E-state index in [0.717, 1.165) is 22.4 Å². The lowest BCUT2D eigenvalue weighted by Crippen LogP contribution is -2.33. The maximum absolute atomic E-state index is 12.8. The molecule has 2 aromatic heterocycles. The number of rotatable bonds is 7. The van der Waals surface area contributed by atoms with Gasteiger partial charge in [-0.3, -0.25) is 5.10 Å². The van der Waals surface area contributed by atoms with E-state index in [1.165, 1.54) is 6.33 Å². The molecule has 34 heavy (non-hydrogen) atoms. The fraction of sp³-hybridized carbons (Fsp3) is 0.0800. The molecule has 0 saturated heterocycles. The zero-order valence-corrected chi connectivity index (χ0v) is 18.2. The van der Waals surface area contributed by atoms with Crippen LogP contribution in [0.4, 0.5) is 10.5 Å². The Kier molecular flexibility index (Phi) is 6.06. The fourth-order valence-electron chi connectivity index (χ4n) is 3.64. The number of carbonyl (C=O) groups excluding carboxylic acids is 1. The molecule has 0 aliphatic heterocycles. The van der Waals surface area contributed by atoms with Crippen LogP contribution in [0.25, 0.3) is 11.3 Å². The summed E-state index contributed by atoms with van der Waals surface area (Å²) < 4.78 is 1.79. The second kappa shape index (κ2) is 9.78. The van der Waals surface area contributed by atoms with E-state index in [1.807, 2.05) is 91.1 Å². The minimum absolute atomic E-state index is 0.366. The number of aromatic nitrogens is 6. The number of aromatic amines is 1. The molecule has 1 atom stereocenters. The van der Waals surface area contributed by atoms with Crippen LogP contribution in [0, 0.1) is 0 Å². The summed E-state index contributed by atoms with van der Waals surface area (Å²) in [6, 6.07) is 26.3. The molecule has 5 aromatic rings. The number of urea groups is 1. The van der Waals surface area contributed by atoms with Crippen LogP contribution in [-0.2, 0) is 6.54 Å². The van der Waals surface area contributed by atoms with Crippen LogP contribution in [0.1, 0.15) is 23.0 Å². The second-order valence-electron chi connectivity index (χ2n) is 7.68. The third-order valence-corrected chi connectivity index (χ3v) is 5.26. The van der Waals surface area contributed by atoms with Crippen LogP contribution in [0.5, 0.6) is 0 Å². The van der Waals surface area contributed by atoms with Crippen molar-refractivity contribution in [2.45, 2.75) is 12.6 Å². The van der Waals surface area contributed by atoms with Crippen molar-refractivity contribution in [2.75, 3.05) is 5.32 Å². The van der Waals surface area contributed by atoms with Crippen LogP contribution in [0.2, 0.25) is 0 Å². The minimum atomic E-state index is -0.468. The Bertz CT molecular complexity index is 1350. The van der Waals surface area contributed by atoms with Gasteiger partial charge >= 0.3 is 6.03 Å². The van der Waals surface area contributed by atoms with E-state index in [9.17, 15) is 4.79 Å². The first-order valence-electron chi connectivity index (χ1n) is 10.8. The maximum Gasteiger partial charge on any atom is 0.320 e. The first kappa shape index (κ1) is 21.1. The van der Waals surface area contributed by atoms with Gasteiger partial charge < -0.3 is 10.6 Å². The highest BCUT2D eigenvalue weighted by atomic mass is 16.2. The van der Waals surface area contributed by atoms with E-state index >= 15 is 0 Å². The zero-order chi connectivity index (χ0) is 23.2. The summed E-state index contributed by atoms with van der Waals surface area (Å²) in [6.45, 7) is 0.636. The van der Waals surface area contributed by atoms with E-state index in [2.05, 4.69) is 36.1 Å². The van der Waals surface area contributed by atoms with Gasteiger partial charge in [-0.05, 0) is 23.3 Å². The molecule has 0 bridgehead atoms. The van der Waals surface area contributed by atoms with Crippen molar-refractivity contribution in [2.24, 2.45) is 0 Å².